The highest BCUT2D eigenvalue weighted by Crippen LogP contribution is 2.08. The Kier molecular flexibility index (Phi) is 4.08. The molecule has 1 aromatic heterocycles. The molecule has 1 atom stereocenters. The molecule has 1 saturated heterocycles. The molecule has 0 saturated carbocycles. The van der Waals surface area contributed by atoms with E-state index in [0.717, 1.165) is 31.6 Å². The second kappa shape index (κ2) is 5.77. The van der Waals surface area contributed by atoms with Gasteiger partial charge in [-0.25, -0.2) is 0 Å². The molecule has 1 aliphatic heterocycles. The topological polar surface area (TPSA) is 71.8 Å². The van der Waals surface area contributed by atoms with Gasteiger partial charge in [0, 0.05) is 7.05 Å². The van der Waals surface area contributed by atoms with Crippen LogP contribution in [0.25, 0.3) is 0 Å². The van der Waals surface area contributed by atoms with E-state index in [1.165, 1.54) is 6.42 Å². The van der Waals surface area contributed by atoms with Crippen LogP contribution in [-0.4, -0.2) is 33.3 Å². The molecule has 1 amide bonds. The van der Waals surface area contributed by atoms with Crippen LogP contribution in [0, 0.1) is 0 Å². The summed E-state index contributed by atoms with van der Waals surface area (Å²) in [4.78, 5) is 11.9. The quantitative estimate of drug-likeness (QED) is 0.774. The molecule has 6 heteroatoms. The first-order chi connectivity index (χ1) is 8.27. The van der Waals surface area contributed by atoms with Crippen molar-refractivity contribution in [1.82, 2.24) is 25.4 Å². The van der Waals surface area contributed by atoms with Crippen molar-refractivity contribution in [3.05, 3.63) is 12.2 Å². The molecule has 0 aromatic carbocycles. The molecule has 0 radical (unpaired) electrons. The number of aromatic nitrogens is 3. The second-order valence-electron chi connectivity index (χ2n) is 4.43. The number of carbonyl (C=O) groups excluding carboxylic acids is 1. The molecule has 94 valence electrons. The first-order valence-corrected chi connectivity index (χ1v) is 6.11. The zero-order chi connectivity index (χ0) is 12.1. The Bertz CT molecular complexity index is 368. The van der Waals surface area contributed by atoms with Crippen LogP contribution in [0.1, 0.15) is 31.5 Å². The Morgan fingerprint density at radius 3 is 3.24 bits per heavy atom. The number of hydrogen-bond donors (Lipinski definition) is 2. The summed E-state index contributed by atoms with van der Waals surface area (Å²) in [6, 6.07) is -0.0503. The molecule has 0 aliphatic carbocycles. The molecule has 17 heavy (non-hydrogen) atoms. The lowest BCUT2D eigenvalue weighted by molar-refractivity contribution is -0.123. The Balaban J connectivity index is 1.82. The van der Waals surface area contributed by atoms with Gasteiger partial charge in [0.2, 0.25) is 5.91 Å². The molecule has 2 heterocycles. The van der Waals surface area contributed by atoms with Gasteiger partial charge in [-0.15, -0.1) is 10.2 Å². The first kappa shape index (κ1) is 12.0. The highest BCUT2D eigenvalue weighted by molar-refractivity contribution is 5.81. The maximum atomic E-state index is 11.9. The minimum atomic E-state index is -0.0503. The van der Waals surface area contributed by atoms with Gasteiger partial charge in [-0.1, -0.05) is 12.8 Å². The molecule has 0 bridgehead atoms. The van der Waals surface area contributed by atoms with Gasteiger partial charge in [-0.2, -0.15) is 0 Å². The summed E-state index contributed by atoms with van der Waals surface area (Å²) in [6.07, 6.45) is 6.04. The van der Waals surface area contributed by atoms with Gasteiger partial charge in [0.25, 0.3) is 0 Å². The number of nitrogens with zero attached hydrogens (tertiary/aromatic N) is 3. The van der Waals surface area contributed by atoms with Crippen molar-refractivity contribution in [1.29, 1.82) is 0 Å². The number of rotatable bonds is 3. The standard InChI is InChI=1S/C11H19N5O/c1-16-8-14-15-10(16)7-13-11(17)9-5-3-2-4-6-12-9/h8-9,12H,2-7H2,1H3,(H,13,17). The van der Waals surface area contributed by atoms with Gasteiger partial charge in [0.05, 0.1) is 12.6 Å². The predicted molar refractivity (Wildman–Crippen MR) is 63.1 cm³/mol. The summed E-state index contributed by atoms with van der Waals surface area (Å²) in [5, 5.41) is 13.9. The third-order valence-corrected chi connectivity index (χ3v) is 3.10. The summed E-state index contributed by atoms with van der Waals surface area (Å²) in [7, 11) is 1.87. The maximum Gasteiger partial charge on any atom is 0.237 e. The second-order valence-corrected chi connectivity index (χ2v) is 4.43. The van der Waals surface area contributed by atoms with Gasteiger partial charge in [-0.05, 0) is 19.4 Å². The summed E-state index contributed by atoms with van der Waals surface area (Å²) in [5.74, 6) is 0.835. The highest BCUT2D eigenvalue weighted by Gasteiger charge is 2.19. The van der Waals surface area contributed by atoms with Crippen LogP contribution >= 0.6 is 0 Å². The third-order valence-electron chi connectivity index (χ3n) is 3.10. The van der Waals surface area contributed by atoms with E-state index in [2.05, 4.69) is 20.8 Å². The van der Waals surface area contributed by atoms with E-state index in [9.17, 15) is 4.79 Å². The Morgan fingerprint density at radius 1 is 1.59 bits per heavy atom. The largest absolute Gasteiger partial charge is 0.347 e. The van der Waals surface area contributed by atoms with E-state index < -0.39 is 0 Å². The molecule has 2 N–H and O–H groups in total. The SMILES string of the molecule is Cn1cnnc1CNC(=O)C1CCCCCN1. The lowest BCUT2D eigenvalue weighted by atomic mass is 10.1. The Hall–Kier alpha value is -1.43. The third kappa shape index (κ3) is 3.26. The lowest BCUT2D eigenvalue weighted by Crippen LogP contribution is -2.43. The fourth-order valence-electron chi connectivity index (χ4n) is 2.01. The number of aryl methyl sites for hydroxylation is 1. The molecular weight excluding hydrogens is 218 g/mol. The van der Waals surface area contributed by atoms with E-state index in [4.69, 9.17) is 0 Å². The first-order valence-electron chi connectivity index (χ1n) is 6.11. The van der Waals surface area contributed by atoms with Crippen LogP contribution in [0.4, 0.5) is 0 Å². The smallest absolute Gasteiger partial charge is 0.237 e. The molecule has 1 aliphatic rings. The minimum Gasteiger partial charge on any atom is -0.347 e. The maximum absolute atomic E-state index is 11.9. The van der Waals surface area contributed by atoms with E-state index in [1.807, 2.05) is 7.05 Å². The van der Waals surface area contributed by atoms with Crippen molar-refractivity contribution in [3.8, 4) is 0 Å². The summed E-state index contributed by atoms with van der Waals surface area (Å²) in [5.41, 5.74) is 0. The predicted octanol–water partition coefficient (Wildman–Crippen LogP) is -0.0365. The van der Waals surface area contributed by atoms with Crippen LogP contribution in [0.2, 0.25) is 0 Å². The van der Waals surface area contributed by atoms with E-state index in [0.29, 0.717) is 6.54 Å². The van der Waals surface area contributed by atoms with Crippen LogP contribution in [-0.2, 0) is 18.4 Å². The zero-order valence-corrected chi connectivity index (χ0v) is 10.1. The molecule has 1 fully saturated rings. The monoisotopic (exact) mass is 237 g/mol. The fraction of sp³-hybridized carbons (Fsp3) is 0.727. The van der Waals surface area contributed by atoms with Crippen molar-refractivity contribution >= 4 is 5.91 Å². The Morgan fingerprint density at radius 2 is 2.47 bits per heavy atom. The van der Waals surface area contributed by atoms with Crippen LogP contribution in [0.3, 0.4) is 0 Å². The average molecular weight is 237 g/mol. The van der Waals surface area contributed by atoms with Gasteiger partial charge < -0.3 is 15.2 Å². The van der Waals surface area contributed by atoms with E-state index in [-0.39, 0.29) is 11.9 Å². The Labute approximate surface area is 101 Å². The summed E-state index contributed by atoms with van der Waals surface area (Å²) >= 11 is 0. The number of amides is 1. The normalized spacial score (nSPS) is 20.9. The van der Waals surface area contributed by atoms with E-state index in [1.54, 1.807) is 10.9 Å². The molecule has 1 unspecified atom stereocenters. The van der Waals surface area contributed by atoms with E-state index >= 15 is 0 Å². The average Bonchev–Trinajstić information content (AvgIpc) is 2.58. The summed E-state index contributed by atoms with van der Waals surface area (Å²) < 4.78 is 1.81. The summed E-state index contributed by atoms with van der Waals surface area (Å²) in [6.45, 7) is 1.37. The van der Waals surface area contributed by atoms with Gasteiger partial charge in [0.15, 0.2) is 5.82 Å². The molecule has 6 nitrogen and oxygen atoms in total. The number of nitrogens with one attached hydrogen (secondary N) is 2. The molecule has 0 spiro atoms. The van der Waals surface area contributed by atoms with Crippen LogP contribution < -0.4 is 10.6 Å². The number of carbonyl (C=O) groups is 1. The van der Waals surface area contributed by atoms with Crippen molar-refractivity contribution in [2.75, 3.05) is 6.54 Å². The van der Waals surface area contributed by atoms with Gasteiger partial charge in [0.1, 0.15) is 6.33 Å². The van der Waals surface area contributed by atoms with Crippen LogP contribution in [0.5, 0.6) is 0 Å². The van der Waals surface area contributed by atoms with Gasteiger partial charge >= 0.3 is 0 Å². The van der Waals surface area contributed by atoms with Crippen molar-refractivity contribution in [3.63, 3.8) is 0 Å². The highest BCUT2D eigenvalue weighted by atomic mass is 16.2. The minimum absolute atomic E-state index is 0.0503. The lowest BCUT2D eigenvalue weighted by Gasteiger charge is -2.15. The van der Waals surface area contributed by atoms with Crippen molar-refractivity contribution in [2.45, 2.75) is 38.3 Å². The fourth-order valence-corrected chi connectivity index (χ4v) is 2.01. The number of hydrogen-bond acceptors (Lipinski definition) is 4. The molecular formula is C11H19N5O. The van der Waals surface area contributed by atoms with Crippen molar-refractivity contribution in [2.24, 2.45) is 7.05 Å². The molecule has 1 aromatic rings. The van der Waals surface area contributed by atoms with Crippen LogP contribution in [0.15, 0.2) is 6.33 Å². The van der Waals surface area contributed by atoms with Gasteiger partial charge in [-0.3, -0.25) is 4.79 Å². The molecule has 2 rings (SSSR count). The van der Waals surface area contributed by atoms with Crippen molar-refractivity contribution < 1.29 is 4.79 Å². The zero-order valence-electron chi connectivity index (χ0n) is 10.1.